The van der Waals surface area contributed by atoms with E-state index in [4.69, 9.17) is 0 Å². The van der Waals surface area contributed by atoms with Crippen LogP contribution >= 0.6 is 11.3 Å². The van der Waals surface area contributed by atoms with Gasteiger partial charge in [0.15, 0.2) is 5.51 Å². The summed E-state index contributed by atoms with van der Waals surface area (Å²) >= 11 is 1.28. The minimum Gasteiger partial charge on any atom is -0.594 e. The van der Waals surface area contributed by atoms with Gasteiger partial charge < -0.3 is 5.21 Å². The van der Waals surface area contributed by atoms with Crippen molar-refractivity contribution in [3.63, 3.8) is 0 Å². The second-order valence-electron chi connectivity index (χ2n) is 0.765. The molecule has 0 unspecified atom stereocenters. The average Bonchev–Trinajstić information content (AvgIpc) is 1.86. The van der Waals surface area contributed by atoms with Gasteiger partial charge in [0.05, 0.1) is 0 Å². The van der Waals surface area contributed by atoms with Crippen LogP contribution in [0.2, 0.25) is 0 Å². The molecule has 0 radical (unpaired) electrons. The maximum absolute atomic E-state index is 9.89. The third-order valence-corrected chi connectivity index (χ3v) is 0.891. The highest BCUT2D eigenvalue weighted by atomic mass is 32.1. The van der Waals surface area contributed by atoms with Crippen molar-refractivity contribution in [2.24, 2.45) is 0 Å². The Bertz CT molecular complexity index is 115. The summed E-state index contributed by atoms with van der Waals surface area (Å²) in [6.07, 6.45) is 0. The van der Waals surface area contributed by atoms with Gasteiger partial charge >= 0.3 is 0 Å². The summed E-state index contributed by atoms with van der Waals surface area (Å²) in [4.78, 5) is 0.519. The summed E-state index contributed by atoms with van der Waals surface area (Å²) in [7, 11) is 0. The Morgan fingerprint density at radius 2 is 2.67 bits per heavy atom. The SMILES string of the molecule is [O-][n+]1cscn1. The van der Waals surface area contributed by atoms with Gasteiger partial charge in [0.2, 0.25) is 0 Å². The van der Waals surface area contributed by atoms with Crippen molar-refractivity contribution in [3.8, 4) is 0 Å². The van der Waals surface area contributed by atoms with Gasteiger partial charge in [-0.1, -0.05) is 11.3 Å². The Hall–Kier alpha value is -0.640. The zero-order valence-corrected chi connectivity index (χ0v) is 3.68. The standard InChI is InChI=1S/C2H2N2OS/c5-4-2-6-1-3-4/h1-2H. The van der Waals surface area contributed by atoms with Crippen LogP contribution in [0.4, 0.5) is 0 Å². The van der Waals surface area contributed by atoms with Gasteiger partial charge in [-0.25, -0.2) is 0 Å². The Labute approximate surface area is 38.4 Å². The fraction of sp³-hybridized carbons (Fsp3) is 0. The van der Waals surface area contributed by atoms with Crippen LogP contribution in [0.25, 0.3) is 0 Å². The molecule has 4 heteroatoms. The highest BCUT2D eigenvalue weighted by molar-refractivity contribution is 7.06. The van der Waals surface area contributed by atoms with E-state index in [-0.39, 0.29) is 0 Å². The highest BCUT2D eigenvalue weighted by Gasteiger charge is 1.80. The molecule has 0 saturated heterocycles. The smallest absolute Gasteiger partial charge is 0.265 e. The van der Waals surface area contributed by atoms with E-state index < -0.39 is 0 Å². The van der Waals surface area contributed by atoms with Crippen molar-refractivity contribution in [2.45, 2.75) is 0 Å². The second kappa shape index (κ2) is 1.22. The van der Waals surface area contributed by atoms with Crippen molar-refractivity contribution >= 4 is 11.3 Å². The van der Waals surface area contributed by atoms with Gasteiger partial charge in [0.25, 0.3) is 5.51 Å². The van der Waals surface area contributed by atoms with E-state index in [9.17, 15) is 5.21 Å². The van der Waals surface area contributed by atoms with E-state index in [0.717, 1.165) is 0 Å². The number of aromatic nitrogens is 2. The van der Waals surface area contributed by atoms with Gasteiger partial charge in [-0.15, -0.1) is 0 Å². The number of hydrogen-bond acceptors (Lipinski definition) is 3. The molecule has 0 N–H and O–H groups in total. The molecule has 1 rings (SSSR count). The van der Waals surface area contributed by atoms with Crippen LogP contribution in [0.15, 0.2) is 11.0 Å². The van der Waals surface area contributed by atoms with E-state index in [0.29, 0.717) is 4.85 Å². The van der Waals surface area contributed by atoms with Crippen LogP contribution in [0.5, 0.6) is 0 Å². The second-order valence-corrected chi connectivity index (χ2v) is 1.46. The molecule has 3 nitrogen and oxygen atoms in total. The summed E-state index contributed by atoms with van der Waals surface area (Å²) in [5.74, 6) is 0. The predicted octanol–water partition coefficient (Wildman–Crippen LogP) is -0.223. The van der Waals surface area contributed by atoms with Gasteiger partial charge in [0.1, 0.15) is 0 Å². The Balaban J connectivity index is 3.05. The Morgan fingerprint density at radius 1 is 1.83 bits per heavy atom. The molecule has 0 aromatic carbocycles. The first-order chi connectivity index (χ1) is 2.89. The maximum Gasteiger partial charge on any atom is 0.265 e. The molecule has 1 aromatic heterocycles. The molecule has 0 aliphatic heterocycles. The van der Waals surface area contributed by atoms with Gasteiger partial charge in [-0.05, 0) is 4.85 Å². The van der Waals surface area contributed by atoms with Crippen LogP contribution in [-0.2, 0) is 0 Å². The normalized spacial score (nSPS) is 8.67. The topological polar surface area (TPSA) is 39.8 Å². The number of hydrogen-bond donors (Lipinski definition) is 0. The molecule has 0 bridgehead atoms. The Morgan fingerprint density at radius 3 is 2.83 bits per heavy atom. The zero-order chi connectivity index (χ0) is 4.41. The van der Waals surface area contributed by atoms with Crippen molar-refractivity contribution in [3.05, 3.63) is 16.2 Å². The summed E-state index contributed by atoms with van der Waals surface area (Å²) in [6.45, 7) is 0. The molecular formula is C2H2N2OS. The molecule has 6 heavy (non-hydrogen) atoms. The van der Waals surface area contributed by atoms with Crippen LogP contribution in [0.1, 0.15) is 0 Å². The van der Waals surface area contributed by atoms with Crippen molar-refractivity contribution in [1.29, 1.82) is 0 Å². The van der Waals surface area contributed by atoms with Crippen LogP contribution in [-0.4, -0.2) is 5.10 Å². The number of rotatable bonds is 0. The minimum absolute atomic E-state index is 0.519. The van der Waals surface area contributed by atoms with Gasteiger partial charge in [0, 0.05) is 5.10 Å². The molecule has 1 heterocycles. The van der Waals surface area contributed by atoms with Crippen molar-refractivity contribution in [1.82, 2.24) is 5.10 Å². The fourth-order valence-corrected chi connectivity index (χ4v) is 0.541. The molecule has 0 amide bonds. The van der Waals surface area contributed by atoms with Crippen LogP contribution < -0.4 is 4.85 Å². The zero-order valence-electron chi connectivity index (χ0n) is 2.87. The summed E-state index contributed by atoms with van der Waals surface area (Å²) in [5.41, 5.74) is 2.85. The maximum atomic E-state index is 9.89. The lowest BCUT2D eigenvalue weighted by molar-refractivity contribution is -0.663. The fourth-order valence-electron chi connectivity index (χ4n) is 0.180. The lowest BCUT2D eigenvalue weighted by Gasteiger charge is -1.74. The monoisotopic (exact) mass is 102 g/mol. The quantitative estimate of drug-likeness (QED) is 0.335. The number of nitrogens with zero attached hydrogens (tertiary/aromatic N) is 2. The molecular weight excluding hydrogens is 100 g/mol. The van der Waals surface area contributed by atoms with E-state index in [2.05, 4.69) is 5.10 Å². The van der Waals surface area contributed by atoms with Crippen LogP contribution in [0.3, 0.4) is 0 Å². The molecule has 1 aromatic rings. The molecule has 0 spiro atoms. The molecule has 0 aliphatic carbocycles. The molecule has 0 fully saturated rings. The van der Waals surface area contributed by atoms with Crippen molar-refractivity contribution in [2.75, 3.05) is 0 Å². The minimum atomic E-state index is 0.519. The largest absolute Gasteiger partial charge is 0.594 e. The van der Waals surface area contributed by atoms with E-state index >= 15 is 0 Å². The van der Waals surface area contributed by atoms with Gasteiger partial charge in [-0.2, -0.15) is 0 Å². The van der Waals surface area contributed by atoms with E-state index in [1.54, 1.807) is 0 Å². The Kier molecular flexibility index (Phi) is 0.719. The lowest BCUT2D eigenvalue weighted by atomic mass is 11.6. The first-order valence-corrected chi connectivity index (χ1v) is 2.31. The van der Waals surface area contributed by atoms with E-state index in [1.165, 1.54) is 22.4 Å². The molecule has 0 aliphatic rings. The lowest BCUT2D eigenvalue weighted by Crippen LogP contribution is -2.25. The first kappa shape index (κ1) is 3.55. The third-order valence-electron chi connectivity index (χ3n) is 0.373. The van der Waals surface area contributed by atoms with Gasteiger partial charge in [-0.3, -0.25) is 0 Å². The summed E-state index contributed by atoms with van der Waals surface area (Å²) in [6, 6.07) is 0. The summed E-state index contributed by atoms with van der Waals surface area (Å²) in [5, 5.41) is 13.2. The average molecular weight is 102 g/mol. The third kappa shape index (κ3) is 0.463. The molecule has 0 atom stereocenters. The first-order valence-electron chi connectivity index (χ1n) is 1.37. The highest BCUT2D eigenvalue weighted by Crippen LogP contribution is 1.79. The van der Waals surface area contributed by atoms with Crippen LogP contribution in [0, 0.1) is 5.21 Å². The molecule has 32 valence electrons. The summed E-state index contributed by atoms with van der Waals surface area (Å²) < 4.78 is 0. The molecule has 0 saturated carbocycles. The van der Waals surface area contributed by atoms with Crippen molar-refractivity contribution < 1.29 is 4.85 Å². The predicted molar refractivity (Wildman–Crippen MR) is 21.1 cm³/mol. The van der Waals surface area contributed by atoms with E-state index in [1.807, 2.05) is 0 Å².